The van der Waals surface area contributed by atoms with Crippen LogP contribution in [0.2, 0.25) is 0 Å². The number of aromatic nitrogens is 2. The molecule has 0 aliphatic rings. The number of fused-ring (bicyclic) bond motifs is 1. The molecule has 0 unspecified atom stereocenters. The molecule has 1 amide bonds. The van der Waals surface area contributed by atoms with Crippen molar-refractivity contribution in [2.45, 2.75) is 5.92 Å². The molecule has 0 saturated carbocycles. The zero-order valence-corrected chi connectivity index (χ0v) is 15.2. The van der Waals surface area contributed by atoms with E-state index in [1.54, 1.807) is 48.5 Å². The normalized spacial score (nSPS) is 11.5. The van der Waals surface area contributed by atoms with Crippen LogP contribution in [0.25, 0.3) is 11.0 Å². The third-order valence-corrected chi connectivity index (χ3v) is 4.01. The highest BCUT2D eigenvalue weighted by Crippen LogP contribution is 2.21. The van der Waals surface area contributed by atoms with Gasteiger partial charge in [-0.3, -0.25) is 19.4 Å². The van der Waals surface area contributed by atoms with Crippen molar-refractivity contribution in [1.82, 2.24) is 9.97 Å². The van der Waals surface area contributed by atoms with E-state index in [0.29, 0.717) is 22.5 Å². The van der Waals surface area contributed by atoms with Crippen LogP contribution in [0.15, 0.2) is 54.7 Å². The second-order valence-electron chi connectivity index (χ2n) is 5.79. The molecule has 1 N–H and O–H groups in total. The summed E-state index contributed by atoms with van der Waals surface area (Å²) in [6.45, 7) is 0. The summed E-state index contributed by atoms with van der Waals surface area (Å²) in [5.41, 5.74) is 1.49. The number of carbonyl (C=O) groups excluding carboxylic acids is 3. The number of hydrogen-bond donors (Lipinski definition) is 1. The minimum absolute atomic E-state index is 0.0383. The van der Waals surface area contributed by atoms with Crippen LogP contribution in [-0.4, -0.2) is 41.8 Å². The van der Waals surface area contributed by atoms with Gasteiger partial charge in [0.1, 0.15) is 5.75 Å². The zero-order valence-electron chi connectivity index (χ0n) is 15.2. The van der Waals surface area contributed by atoms with Gasteiger partial charge in [0.15, 0.2) is 5.92 Å². The number of para-hydroxylation sites is 2. The van der Waals surface area contributed by atoms with E-state index < -0.39 is 23.6 Å². The molecule has 0 radical (unpaired) electrons. The number of ketones is 1. The maximum Gasteiger partial charge on any atom is 0.323 e. The Hall–Kier alpha value is -3.81. The summed E-state index contributed by atoms with van der Waals surface area (Å²) in [5.74, 6) is -3.88. The van der Waals surface area contributed by atoms with Gasteiger partial charge >= 0.3 is 5.97 Å². The van der Waals surface area contributed by atoms with Gasteiger partial charge in [-0.2, -0.15) is 0 Å². The Kier molecular flexibility index (Phi) is 5.59. The van der Waals surface area contributed by atoms with Gasteiger partial charge in [0.2, 0.25) is 5.78 Å². The number of carbonyl (C=O) groups is 3. The number of hydrogen-bond acceptors (Lipinski definition) is 7. The van der Waals surface area contributed by atoms with Crippen LogP contribution >= 0.6 is 0 Å². The molecule has 0 aliphatic carbocycles. The molecular weight excluding hydrogens is 362 g/mol. The van der Waals surface area contributed by atoms with E-state index in [1.165, 1.54) is 13.3 Å². The molecule has 2 aromatic carbocycles. The van der Waals surface area contributed by atoms with Crippen LogP contribution in [0.5, 0.6) is 5.75 Å². The highest BCUT2D eigenvalue weighted by molar-refractivity contribution is 6.45. The van der Waals surface area contributed by atoms with Crippen LogP contribution < -0.4 is 10.1 Å². The number of benzene rings is 2. The molecule has 0 bridgehead atoms. The lowest BCUT2D eigenvalue weighted by Gasteiger charge is -2.13. The number of nitrogens with zero attached hydrogens (tertiary/aromatic N) is 2. The van der Waals surface area contributed by atoms with E-state index in [2.05, 4.69) is 15.3 Å². The second kappa shape index (κ2) is 8.26. The topological polar surface area (TPSA) is 107 Å². The lowest BCUT2D eigenvalue weighted by Crippen LogP contribution is -2.34. The third kappa shape index (κ3) is 3.96. The average molecular weight is 379 g/mol. The molecule has 0 aliphatic heterocycles. The number of esters is 1. The van der Waals surface area contributed by atoms with E-state index in [-0.39, 0.29) is 5.69 Å². The smallest absolute Gasteiger partial charge is 0.323 e. The van der Waals surface area contributed by atoms with Crippen LogP contribution in [0.4, 0.5) is 5.69 Å². The molecule has 142 valence electrons. The number of Topliss-reactive ketones (excluding diaryl/α,β-unsaturated/α-hetero) is 1. The molecule has 8 nitrogen and oxygen atoms in total. The number of amides is 1. The maximum atomic E-state index is 12.7. The van der Waals surface area contributed by atoms with Gasteiger partial charge in [-0.25, -0.2) is 4.98 Å². The van der Waals surface area contributed by atoms with Gasteiger partial charge in [0, 0.05) is 11.8 Å². The van der Waals surface area contributed by atoms with Gasteiger partial charge in [0.25, 0.3) is 5.91 Å². The molecule has 3 aromatic rings. The summed E-state index contributed by atoms with van der Waals surface area (Å²) in [6, 6.07) is 13.5. The van der Waals surface area contributed by atoms with E-state index >= 15 is 0 Å². The van der Waals surface area contributed by atoms with Gasteiger partial charge in [-0.1, -0.05) is 18.2 Å². The Morgan fingerprint density at radius 3 is 2.46 bits per heavy atom. The van der Waals surface area contributed by atoms with Crippen LogP contribution in [0.1, 0.15) is 11.6 Å². The summed E-state index contributed by atoms with van der Waals surface area (Å²) < 4.78 is 9.79. The molecule has 8 heteroatoms. The van der Waals surface area contributed by atoms with E-state index in [4.69, 9.17) is 9.47 Å². The highest BCUT2D eigenvalue weighted by Gasteiger charge is 2.36. The van der Waals surface area contributed by atoms with Crippen molar-refractivity contribution in [1.29, 1.82) is 0 Å². The number of rotatable bonds is 6. The van der Waals surface area contributed by atoms with Crippen molar-refractivity contribution in [3.05, 3.63) is 60.4 Å². The largest absolute Gasteiger partial charge is 0.497 e. The Labute approximate surface area is 160 Å². The molecule has 0 saturated heterocycles. The van der Waals surface area contributed by atoms with E-state index in [0.717, 1.165) is 7.11 Å². The van der Waals surface area contributed by atoms with Crippen LogP contribution in [0, 0.1) is 0 Å². The van der Waals surface area contributed by atoms with Gasteiger partial charge in [-0.15, -0.1) is 0 Å². The zero-order chi connectivity index (χ0) is 20.1. The Morgan fingerprint density at radius 1 is 1.00 bits per heavy atom. The fourth-order valence-electron chi connectivity index (χ4n) is 2.62. The first kappa shape index (κ1) is 19.0. The van der Waals surface area contributed by atoms with Crippen LogP contribution in [-0.2, 0) is 19.1 Å². The van der Waals surface area contributed by atoms with E-state index in [1.807, 2.05) is 0 Å². The molecule has 1 heterocycles. The minimum Gasteiger partial charge on any atom is -0.497 e. The molecule has 3 rings (SSSR count). The maximum absolute atomic E-state index is 12.7. The standard InChI is InChI=1S/C20H17N3O5/c1-27-13-7-5-6-12(10-13)22-19(25)18(24)17(20(26)28-2)16-11-21-14-8-3-4-9-15(14)23-16/h3-11,17H,1-2H3,(H,22,25)/t17-/m1/s1. The van der Waals surface area contributed by atoms with Crippen molar-refractivity contribution in [3.8, 4) is 5.75 Å². The average Bonchev–Trinajstić information content (AvgIpc) is 2.73. The molecule has 0 fully saturated rings. The Bertz CT molecular complexity index is 1050. The van der Waals surface area contributed by atoms with Gasteiger partial charge in [-0.05, 0) is 24.3 Å². The molecule has 1 aromatic heterocycles. The van der Waals surface area contributed by atoms with Gasteiger partial charge in [0.05, 0.1) is 37.1 Å². The predicted octanol–water partition coefficient (Wildman–Crippen LogP) is 2.10. The third-order valence-electron chi connectivity index (χ3n) is 4.01. The van der Waals surface area contributed by atoms with Crippen molar-refractivity contribution in [2.75, 3.05) is 19.5 Å². The molecule has 28 heavy (non-hydrogen) atoms. The minimum atomic E-state index is -1.52. The number of nitrogens with one attached hydrogen (secondary N) is 1. The van der Waals surface area contributed by atoms with Crippen molar-refractivity contribution < 1.29 is 23.9 Å². The molecular formula is C20H17N3O5. The Morgan fingerprint density at radius 2 is 1.75 bits per heavy atom. The number of methoxy groups -OCH3 is 2. The molecule has 0 spiro atoms. The summed E-state index contributed by atoms with van der Waals surface area (Å²) in [6.07, 6.45) is 1.29. The van der Waals surface area contributed by atoms with Gasteiger partial charge < -0.3 is 14.8 Å². The SMILES string of the molecule is COC(=O)[C@@H](C(=O)C(=O)Nc1cccc(OC)c1)c1cnc2ccccc2n1. The first-order chi connectivity index (χ1) is 13.5. The summed E-state index contributed by atoms with van der Waals surface area (Å²) in [5, 5.41) is 2.46. The Balaban J connectivity index is 1.90. The first-order valence-electron chi connectivity index (χ1n) is 8.32. The number of ether oxygens (including phenoxy) is 2. The lowest BCUT2D eigenvalue weighted by molar-refractivity contribution is -0.148. The quantitative estimate of drug-likeness (QED) is 0.397. The lowest BCUT2D eigenvalue weighted by atomic mass is 9.99. The summed E-state index contributed by atoms with van der Waals surface area (Å²) >= 11 is 0. The number of anilines is 1. The highest BCUT2D eigenvalue weighted by atomic mass is 16.5. The van der Waals surface area contributed by atoms with Crippen molar-refractivity contribution in [2.24, 2.45) is 0 Å². The summed E-state index contributed by atoms with van der Waals surface area (Å²) in [7, 11) is 2.62. The second-order valence-corrected chi connectivity index (χ2v) is 5.79. The van der Waals surface area contributed by atoms with Crippen molar-refractivity contribution in [3.63, 3.8) is 0 Å². The van der Waals surface area contributed by atoms with Crippen molar-refractivity contribution >= 4 is 34.4 Å². The fourth-order valence-corrected chi connectivity index (χ4v) is 2.62. The summed E-state index contributed by atoms with van der Waals surface area (Å²) in [4.78, 5) is 45.9. The van der Waals surface area contributed by atoms with Crippen LogP contribution in [0.3, 0.4) is 0 Å². The molecule has 1 atom stereocenters. The monoisotopic (exact) mass is 379 g/mol. The first-order valence-corrected chi connectivity index (χ1v) is 8.32. The van der Waals surface area contributed by atoms with E-state index in [9.17, 15) is 14.4 Å². The fraction of sp³-hybridized carbons (Fsp3) is 0.150. The predicted molar refractivity (Wildman–Crippen MR) is 101 cm³/mol.